The zero-order valence-corrected chi connectivity index (χ0v) is 9.57. The van der Waals surface area contributed by atoms with Crippen LogP contribution in [0.15, 0.2) is 12.3 Å². The van der Waals surface area contributed by atoms with E-state index in [2.05, 4.69) is 4.98 Å². The van der Waals surface area contributed by atoms with Gasteiger partial charge >= 0.3 is 5.97 Å². The normalized spacial score (nSPS) is 10.4. The highest BCUT2D eigenvalue weighted by molar-refractivity contribution is 5.72. The van der Waals surface area contributed by atoms with Gasteiger partial charge in [0.15, 0.2) is 0 Å². The summed E-state index contributed by atoms with van der Waals surface area (Å²) in [6.45, 7) is 1.96. The van der Waals surface area contributed by atoms with E-state index in [9.17, 15) is 13.6 Å². The van der Waals surface area contributed by atoms with E-state index in [0.29, 0.717) is 5.69 Å². The summed E-state index contributed by atoms with van der Waals surface area (Å²) < 4.78 is 34.6. The van der Waals surface area contributed by atoms with Crippen LogP contribution in [0.4, 0.5) is 8.78 Å². The van der Waals surface area contributed by atoms with E-state index in [0.717, 1.165) is 6.20 Å². The lowest BCUT2D eigenvalue weighted by Gasteiger charge is -2.08. The van der Waals surface area contributed by atoms with E-state index in [1.807, 2.05) is 0 Å². The van der Waals surface area contributed by atoms with E-state index < -0.39 is 12.4 Å². The number of pyridine rings is 1. The molecule has 0 atom stereocenters. The minimum absolute atomic E-state index is 0.0225. The molecule has 0 aliphatic carbocycles. The standard InChI is InChI=1S/C11H13F2NO3/c1-3-17-10(15)5-7-4-9(16-2)8(6-14-7)11(12)13/h4,6,11H,3,5H2,1-2H3. The number of esters is 1. The SMILES string of the molecule is CCOC(=O)Cc1cc(OC)c(C(F)F)cn1. The predicted octanol–water partition coefficient (Wildman–Crippen LogP) is 2.13. The van der Waals surface area contributed by atoms with Gasteiger partial charge in [-0.2, -0.15) is 0 Å². The first-order valence-corrected chi connectivity index (χ1v) is 5.05. The number of carbonyl (C=O) groups excluding carboxylic acids is 1. The van der Waals surface area contributed by atoms with Crippen LogP contribution in [0.2, 0.25) is 0 Å². The van der Waals surface area contributed by atoms with Crippen LogP contribution in [0.3, 0.4) is 0 Å². The van der Waals surface area contributed by atoms with E-state index in [1.54, 1.807) is 6.92 Å². The molecule has 0 aliphatic heterocycles. The molecule has 0 bridgehead atoms. The third-order valence-corrected chi connectivity index (χ3v) is 2.04. The van der Waals surface area contributed by atoms with Gasteiger partial charge in [0, 0.05) is 12.3 Å². The second-order valence-electron chi connectivity index (χ2n) is 3.20. The van der Waals surface area contributed by atoms with Crippen LogP contribution in [0.25, 0.3) is 0 Å². The van der Waals surface area contributed by atoms with Gasteiger partial charge in [0.25, 0.3) is 6.43 Å². The highest BCUT2D eigenvalue weighted by atomic mass is 19.3. The Balaban J connectivity index is 2.86. The first kappa shape index (κ1) is 13.3. The molecule has 1 aromatic heterocycles. The van der Waals surface area contributed by atoms with Crippen molar-refractivity contribution in [1.29, 1.82) is 0 Å². The van der Waals surface area contributed by atoms with Crippen LogP contribution >= 0.6 is 0 Å². The molecule has 0 saturated heterocycles. The molecule has 0 fully saturated rings. The molecule has 1 rings (SSSR count). The number of methoxy groups -OCH3 is 1. The highest BCUT2D eigenvalue weighted by Crippen LogP contribution is 2.28. The third kappa shape index (κ3) is 3.65. The van der Waals surface area contributed by atoms with Crippen molar-refractivity contribution >= 4 is 5.97 Å². The number of ether oxygens (including phenoxy) is 2. The predicted molar refractivity (Wildman–Crippen MR) is 56.1 cm³/mol. The zero-order chi connectivity index (χ0) is 12.8. The van der Waals surface area contributed by atoms with Crippen LogP contribution in [-0.2, 0) is 16.0 Å². The number of alkyl halides is 2. The molecule has 0 aliphatic rings. The maximum absolute atomic E-state index is 12.5. The van der Waals surface area contributed by atoms with E-state index in [4.69, 9.17) is 9.47 Å². The Bertz CT molecular complexity index is 396. The number of hydrogen-bond acceptors (Lipinski definition) is 4. The summed E-state index contributed by atoms with van der Waals surface area (Å²) in [6, 6.07) is 1.32. The lowest BCUT2D eigenvalue weighted by Crippen LogP contribution is -2.09. The molecule has 0 unspecified atom stereocenters. The van der Waals surface area contributed by atoms with Gasteiger partial charge in [-0.05, 0) is 6.92 Å². The zero-order valence-electron chi connectivity index (χ0n) is 9.57. The fourth-order valence-corrected chi connectivity index (χ4v) is 1.29. The lowest BCUT2D eigenvalue weighted by atomic mass is 10.2. The topological polar surface area (TPSA) is 48.4 Å². The van der Waals surface area contributed by atoms with Gasteiger partial charge in [-0.15, -0.1) is 0 Å². The molecule has 94 valence electrons. The summed E-state index contributed by atoms with van der Waals surface area (Å²) in [6.07, 6.45) is -1.71. The summed E-state index contributed by atoms with van der Waals surface area (Å²) in [4.78, 5) is 14.9. The highest BCUT2D eigenvalue weighted by Gasteiger charge is 2.16. The maximum atomic E-state index is 12.5. The Kier molecular flexibility index (Phi) is 4.81. The van der Waals surface area contributed by atoms with Gasteiger partial charge in [-0.3, -0.25) is 9.78 Å². The summed E-state index contributed by atoms with van der Waals surface area (Å²) in [5.74, 6) is -0.429. The van der Waals surface area contributed by atoms with Crippen LogP contribution < -0.4 is 4.74 Å². The van der Waals surface area contributed by atoms with E-state index in [1.165, 1.54) is 13.2 Å². The summed E-state index contributed by atoms with van der Waals surface area (Å²) in [5.41, 5.74) is 0.0461. The Morgan fingerprint density at radius 3 is 2.76 bits per heavy atom. The molecular weight excluding hydrogens is 232 g/mol. The number of nitrogens with zero attached hydrogens (tertiary/aromatic N) is 1. The van der Waals surface area contributed by atoms with Gasteiger partial charge in [0.1, 0.15) is 5.75 Å². The van der Waals surface area contributed by atoms with Crippen molar-refractivity contribution < 1.29 is 23.0 Å². The van der Waals surface area contributed by atoms with Gasteiger partial charge in [0.2, 0.25) is 0 Å². The van der Waals surface area contributed by atoms with E-state index >= 15 is 0 Å². The Morgan fingerprint density at radius 1 is 1.53 bits per heavy atom. The van der Waals surface area contributed by atoms with Crippen LogP contribution in [0.1, 0.15) is 24.6 Å². The minimum Gasteiger partial charge on any atom is -0.496 e. The second kappa shape index (κ2) is 6.12. The maximum Gasteiger partial charge on any atom is 0.311 e. The fraction of sp³-hybridized carbons (Fsp3) is 0.455. The molecule has 17 heavy (non-hydrogen) atoms. The van der Waals surface area contributed by atoms with Crippen molar-refractivity contribution in [2.75, 3.05) is 13.7 Å². The van der Waals surface area contributed by atoms with Crippen molar-refractivity contribution in [2.45, 2.75) is 19.8 Å². The average molecular weight is 245 g/mol. The molecule has 0 spiro atoms. The van der Waals surface area contributed by atoms with E-state index in [-0.39, 0.29) is 24.3 Å². The van der Waals surface area contributed by atoms with Crippen LogP contribution in [0, 0.1) is 0 Å². The molecule has 0 radical (unpaired) electrons. The number of rotatable bonds is 5. The summed E-state index contributed by atoms with van der Waals surface area (Å²) in [5, 5.41) is 0. The first-order chi connectivity index (χ1) is 8.08. The molecular formula is C11H13F2NO3. The number of aromatic nitrogens is 1. The number of halogens is 2. The Labute approximate surface area is 97.6 Å². The third-order valence-electron chi connectivity index (χ3n) is 2.04. The molecule has 0 aromatic carbocycles. The Morgan fingerprint density at radius 2 is 2.24 bits per heavy atom. The number of hydrogen-bond donors (Lipinski definition) is 0. The lowest BCUT2D eigenvalue weighted by molar-refractivity contribution is -0.142. The van der Waals surface area contributed by atoms with Crippen LogP contribution in [-0.4, -0.2) is 24.7 Å². The van der Waals surface area contributed by atoms with Crippen molar-refractivity contribution in [3.05, 3.63) is 23.5 Å². The molecule has 4 nitrogen and oxygen atoms in total. The monoisotopic (exact) mass is 245 g/mol. The van der Waals surface area contributed by atoms with Crippen molar-refractivity contribution in [3.8, 4) is 5.75 Å². The summed E-state index contributed by atoms with van der Waals surface area (Å²) >= 11 is 0. The second-order valence-corrected chi connectivity index (χ2v) is 3.20. The van der Waals surface area contributed by atoms with Crippen LogP contribution in [0.5, 0.6) is 5.75 Å². The molecule has 0 N–H and O–H groups in total. The average Bonchev–Trinajstić information content (AvgIpc) is 2.28. The molecule has 1 aromatic rings. The number of carbonyl (C=O) groups is 1. The molecule has 0 saturated carbocycles. The van der Waals surface area contributed by atoms with Gasteiger partial charge in [-0.25, -0.2) is 8.78 Å². The fourth-order valence-electron chi connectivity index (χ4n) is 1.29. The van der Waals surface area contributed by atoms with Crippen molar-refractivity contribution in [2.24, 2.45) is 0 Å². The smallest absolute Gasteiger partial charge is 0.311 e. The van der Waals surface area contributed by atoms with Gasteiger partial charge in [0.05, 0.1) is 31.4 Å². The summed E-state index contributed by atoms with van der Waals surface area (Å²) in [7, 11) is 1.29. The van der Waals surface area contributed by atoms with Gasteiger partial charge < -0.3 is 9.47 Å². The first-order valence-electron chi connectivity index (χ1n) is 5.05. The van der Waals surface area contributed by atoms with Crippen molar-refractivity contribution in [1.82, 2.24) is 4.98 Å². The quantitative estimate of drug-likeness (QED) is 0.745. The minimum atomic E-state index is -2.66. The largest absolute Gasteiger partial charge is 0.496 e. The molecule has 0 amide bonds. The molecule has 1 heterocycles. The Hall–Kier alpha value is -1.72. The van der Waals surface area contributed by atoms with Crippen molar-refractivity contribution in [3.63, 3.8) is 0 Å². The van der Waals surface area contributed by atoms with Gasteiger partial charge in [-0.1, -0.05) is 0 Å². The molecule has 6 heteroatoms.